The van der Waals surface area contributed by atoms with Gasteiger partial charge in [-0.2, -0.15) is 0 Å². The number of aromatic amines is 1. The molecule has 1 aromatic heterocycles. The molecule has 7 heteroatoms. The highest BCUT2D eigenvalue weighted by atomic mass is 16.2. The predicted molar refractivity (Wildman–Crippen MR) is 103 cm³/mol. The van der Waals surface area contributed by atoms with E-state index in [4.69, 9.17) is 0 Å². The molecule has 2 heterocycles. The number of carbonyl (C=O) groups is 4. The number of imide groups is 2. The van der Waals surface area contributed by atoms with Gasteiger partial charge in [0.1, 0.15) is 5.92 Å². The van der Waals surface area contributed by atoms with Crippen molar-refractivity contribution in [1.29, 1.82) is 0 Å². The van der Waals surface area contributed by atoms with E-state index in [9.17, 15) is 19.2 Å². The molecule has 1 fully saturated rings. The first kappa shape index (κ1) is 17.4. The van der Waals surface area contributed by atoms with Crippen LogP contribution in [0.2, 0.25) is 0 Å². The molecule has 4 rings (SSSR count). The first-order chi connectivity index (χ1) is 13.5. The molecular formula is C21H15N3O4. The summed E-state index contributed by atoms with van der Waals surface area (Å²) >= 11 is 0. The molecule has 28 heavy (non-hydrogen) atoms. The molecule has 138 valence electrons. The van der Waals surface area contributed by atoms with Crippen LogP contribution >= 0.6 is 0 Å². The van der Waals surface area contributed by atoms with Crippen molar-refractivity contribution in [2.75, 3.05) is 0 Å². The largest absolute Gasteiger partial charge is 0.361 e. The SMILES string of the molecule is O=C1NC(=O)C(c2ccc(C(=O)/C=C/c3c[nH]c4ccccc34)cc2)C(=O)N1. The zero-order valence-electron chi connectivity index (χ0n) is 14.6. The standard InChI is InChI=1S/C21H15N3O4/c25-17(10-9-14-11-22-16-4-2-1-3-15(14)16)12-5-7-13(8-6-12)18-19(26)23-21(28)24-20(18)27/h1-11,18,22H,(H2,23,24,26,27,28)/b10-9+. The van der Waals surface area contributed by atoms with Gasteiger partial charge in [0.25, 0.3) is 0 Å². The monoisotopic (exact) mass is 373 g/mol. The van der Waals surface area contributed by atoms with Gasteiger partial charge in [-0.15, -0.1) is 0 Å². The smallest absolute Gasteiger partial charge is 0.328 e. The molecule has 0 bridgehead atoms. The van der Waals surface area contributed by atoms with Gasteiger partial charge in [0, 0.05) is 22.7 Å². The molecule has 0 unspecified atom stereocenters. The van der Waals surface area contributed by atoms with E-state index in [1.54, 1.807) is 18.2 Å². The van der Waals surface area contributed by atoms with Crippen molar-refractivity contribution in [1.82, 2.24) is 15.6 Å². The van der Waals surface area contributed by atoms with Gasteiger partial charge in [-0.3, -0.25) is 25.0 Å². The third-order valence-electron chi connectivity index (χ3n) is 4.56. The number of carbonyl (C=O) groups excluding carboxylic acids is 4. The lowest BCUT2D eigenvalue weighted by molar-refractivity contribution is -0.132. The molecular weight excluding hydrogens is 358 g/mol. The molecule has 1 aliphatic heterocycles. The van der Waals surface area contributed by atoms with Crippen LogP contribution in [0.25, 0.3) is 17.0 Å². The molecule has 3 aromatic rings. The van der Waals surface area contributed by atoms with Gasteiger partial charge in [0.05, 0.1) is 0 Å². The summed E-state index contributed by atoms with van der Waals surface area (Å²) in [5.74, 6) is -2.70. The van der Waals surface area contributed by atoms with Crippen LogP contribution in [-0.4, -0.2) is 28.6 Å². The van der Waals surface area contributed by atoms with Crippen molar-refractivity contribution in [3.05, 3.63) is 77.5 Å². The molecule has 3 N–H and O–H groups in total. The Hall–Kier alpha value is -4.00. The number of rotatable bonds is 4. The van der Waals surface area contributed by atoms with E-state index >= 15 is 0 Å². The Morgan fingerprint density at radius 1 is 0.893 bits per heavy atom. The second-order valence-corrected chi connectivity index (χ2v) is 6.35. The summed E-state index contributed by atoms with van der Waals surface area (Å²) in [5, 5.41) is 5.13. The molecule has 1 aliphatic rings. The third-order valence-corrected chi connectivity index (χ3v) is 4.56. The zero-order valence-corrected chi connectivity index (χ0v) is 14.6. The lowest BCUT2D eigenvalue weighted by atomic mass is 9.94. The lowest BCUT2D eigenvalue weighted by Crippen LogP contribution is -2.54. The van der Waals surface area contributed by atoms with Crippen molar-refractivity contribution >= 4 is 40.6 Å². The number of barbiturate groups is 1. The number of urea groups is 1. The fourth-order valence-corrected chi connectivity index (χ4v) is 3.15. The number of hydrogen-bond donors (Lipinski definition) is 3. The normalized spacial score (nSPS) is 15.1. The van der Waals surface area contributed by atoms with E-state index in [1.807, 2.05) is 30.5 Å². The number of hydrogen-bond acceptors (Lipinski definition) is 4. The number of amides is 4. The average molecular weight is 373 g/mol. The summed E-state index contributed by atoms with van der Waals surface area (Å²) in [7, 11) is 0. The highest BCUT2D eigenvalue weighted by molar-refractivity contribution is 6.19. The number of fused-ring (bicyclic) bond motifs is 1. The predicted octanol–water partition coefficient (Wildman–Crippen LogP) is 2.51. The Labute approximate surface area is 159 Å². The Bertz CT molecular complexity index is 1120. The summed E-state index contributed by atoms with van der Waals surface area (Å²) < 4.78 is 0. The van der Waals surface area contributed by atoms with Gasteiger partial charge in [0.2, 0.25) is 11.8 Å². The van der Waals surface area contributed by atoms with Crippen molar-refractivity contribution in [3.8, 4) is 0 Å². The molecule has 0 spiro atoms. The van der Waals surface area contributed by atoms with Crippen molar-refractivity contribution in [2.45, 2.75) is 5.92 Å². The fourth-order valence-electron chi connectivity index (χ4n) is 3.15. The van der Waals surface area contributed by atoms with E-state index in [1.165, 1.54) is 18.2 Å². The summed E-state index contributed by atoms with van der Waals surface area (Å²) in [4.78, 5) is 50.5. The summed E-state index contributed by atoms with van der Waals surface area (Å²) in [6, 6.07) is 13.1. The van der Waals surface area contributed by atoms with E-state index in [-0.39, 0.29) is 5.78 Å². The second kappa shape index (κ2) is 6.96. The van der Waals surface area contributed by atoms with Gasteiger partial charge in [-0.25, -0.2) is 4.79 Å². The van der Waals surface area contributed by atoms with Crippen LogP contribution < -0.4 is 10.6 Å². The van der Waals surface area contributed by atoms with Crippen molar-refractivity contribution in [3.63, 3.8) is 0 Å². The van der Waals surface area contributed by atoms with E-state index in [0.717, 1.165) is 16.5 Å². The van der Waals surface area contributed by atoms with Crippen LogP contribution in [0.15, 0.2) is 60.8 Å². The van der Waals surface area contributed by atoms with Crippen LogP contribution in [0.3, 0.4) is 0 Å². The number of para-hydroxylation sites is 1. The summed E-state index contributed by atoms with van der Waals surface area (Å²) in [6.07, 6.45) is 5.05. The molecule has 1 saturated heterocycles. The molecule has 7 nitrogen and oxygen atoms in total. The highest BCUT2D eigenvalue weighted by Crippen LogP contribution is 2.21. The topological polar surface area (TPSA) is 108 Å². The van der Waals surface area contributed by atoms with Gasteiger partial charge >= 0.3 is 6.03 Å². The Balaban J connectivity index is 1.52. The van der Waals surface area contributed by atoms with Crippen molar-refractivity contribution < 1.29 is 19.2 Å². The average Bonchev–Trinajstić information content (AvgIpc) is 3.09. The first-order valence-corrected chi connectivity index (χ1v) is 8.57. The molecule has 2 aromatic carbocycles. The Morgan fingerprint density at radius 3 is 2.29 bits per heavy atom. The molecule has 0 aliphatic carbocycles. The number of benzene rings is 2. The van der Waals surface area contributed by atoms with Crippen LogP contribution in [0, 0.1) is 0 Å². The minimum Gasteiger partial charge on any atom is -0.361 e. The van der Waals surface area contributed by atoms with Crippen LogP contribution in [0.5, 0.6) is 0 Å². The number of H-pyrrole nitrogens is 1. The number of ketones is 1. The van der Waals surface area contributed by atoms with Crippen LogP contribution in [-0.2, 0) is 9.59 Å². The van der Waals surface area contributed by atoms with Crippen LogP contribution in [0.4, 0.5) is 4.79 Å². The van der Waals surface area contributed by atoms with E-state index in [0.29, 0.717) is 11.1 Å². The van der Waals surface area contributed by atoms with Gasteiger partial charge in [-0.05, 0) is 29.3 Å². The highest BCUT2D eigenvalue weighted by Gasteiger charge is 2.35. The minimum absolute atomic E-state index is 0.204. The Kier molecular flexibility index (Phi) is 4.33. The quantitative estimate of drug-likeness (QED) is 0.371. The molecule has 0 saturated carbocycles. The summed E-state index contributed by atoms with van der Waals surface area (Å²) in [5.41, 5.74) is 2.72. The number of aromatic nitrogens is 1. The first-order valence-electron chi connectivity index (χ1n) is 8.57. The fraction of sp³-hybridized carbons (Fsp3) is 0.0476. The zero-order chi connectivity index (χ0) is 19.7. The summed E-state index contributed by atoms with van der Waals surface area (Å²) in [6.45, 7) is 0. The van der Waals surface area contributed by atoms with Gasteiger partial charge in [-0.1, -0.05) is 42.5 Å². The Morgan fingerprint density at radius 2 is 1.57 bits per heavy atom. The lowest BCUT2D eigenvalue weighted by Gasteiger charge is -2.20. The second-order valence-electron chi connectivity index (χ2n) is 6.35. The molecule has 0 atom stereocenters. The minimum atomic E-state index is -1.12. The van der Waals surface area contributed by atoms with E-state index < -0.39 is 23.8 Å². The molecule has 4 amide bonds. The maximum atomic E-state index is 12.4. The van der Waals surface area contributed by atoms with Gasteiger partial charge < -0.3 is 4.98 Å². The van der Waals surface area contributed by atoms with Gasteiger partial charge in [0.15, 0.2) is 5.78 Å². The number of nitrogens with one attached hydrogen (secondary N) is 3. The number of allylic oxidation sites excluding steroid dienone is 1. The third kappa shape index (κ3) is 3.21. The van der Waals surface area contributed by atoms with E-state index in [2.05, 4.69) is 15.6 Å². The van der Waals surface area contributed by atoms with Crippen molar-refractivity contribution in [2.24, 2.45) is 0 Å². The molecule has 0 radical (unpaired) electrons. The van der Waals surface area contributed by atoms with Crippen LogP contribution in [0.1, 0.15) is 27.4 Å². The maximum absolute atomic E-state index is 12.4. The maximum Gasteiger partial charge on any atom is 0.328 e.